The summed E-state index contributed by atoms with van der Waals surface area (Å²) in [7, 11) is 0. The molecule has 2 heterocycles. The summed E-state index contributed by atoms with van der Waals surface area (Å²) in [5, 5.41) is 0.327. The largest absolute Gasteiger partial charge is 0.374 e. The number of aromatic nitrogens is 2. The zero-order chi connectivity index (χ0) is 15.7. The SMILES string of the molecule is CC(C)c1ncc(Cl)c(C(=O)N2CCO[C@H]3CCCC[C@H]32)n1. The molecule has 1 aromatic heterocycles. The van der Waals surface area contributed by atoms with Crippen LogP contribution in [0.3, 0.4) is 0 Å². The van der Waals surface area contributed by atoms with Gasteiger partial charge in [-0.2, -0.15) is 0 Å². The first-order valence-electron chi connectivity index (χ1n) is 8.03. The molecular weight excluding hydrogens is 302 g/mol. The van der Waals surface area contributed by atoms with Crippen molar-refractivity contribution in [2.24, 2.45) is 0 Å². The maximum absolute atomic E-state index is 12.9. The Morgan fingerprint density at radius 1 is 1.41 bits per heavy atom. The summed E-state index contributed by atoms with van der Waals surface area (Å²) in [6, 6.07) is 0.156. The van der Waals surface area contributed by atoms with Crippen molar-refractivity contribution in [2.45, 2.75) is 57.6 Å². The van der Waals surface area contributed by atoms with Crippen molar-refractivity contribution in [1.29, 1.82) is 0 Å². The minimum Gasteiger partial charge on any atom is -0.374 e. The van der Waals surface area contributed by atoms with E-state index < -0.39 is 0 Å². The molecule has 0 radical (unpaired) electrons. The molecule has 5 nitrogen and oxygen atoms in total. The molecule has 22 heavy (non-hydrogen) atoms. The third-order valence-electron chi connectivity index (χ3n) is 4.47. The number of amides is 1. The number of hydrogen-bond donors (Lipinski definition) is 0. The highest BCUT2D eigenvalue weighted by atomic mass is 35.5. The molecule has 3 rings (SSSR count). The van der Waals surface area contributed by atoms with E-state index in [1.165, 1.54) is 12.6 Å². The molecular formula is C16H22ClN3O2. The van der Waals surface area contributed by atoms with Crippen LogP contribution in [0.25, 0.3) is 0 Å². The number of fused-ring (bicyclic) bond motifs is 1. The summed E-state index contributed by atoms with van der Waals surface area (Å²) in [4.78, 5) is 23.5. The number of carbonyl (C=O) groups is 1. The number of rotatable bonds is 2. The van der Waals surface area contributed by atoms with Crippen molar-refractivity contribution >= 4 is 17.5 Å². The molecule has 1 amide bonds. The maximum Gasteiger partial charge on any atom is 0.274 e. The average Bonchev–Trinajstić information content (AvgIpc) is 2.54. The monoisotopic (exact) mass is 323 g/mol. The third kappa shape index (κ3) is 2.97. The fraction of sp³-hybridized carbons (Fsp3) is 0.688. The Balaban J connectivity index is 1.87. The fourth-order valence-electron chi connectivity index (χ4n) is 3.29. The Hall–Kier alpha value is -1.20. The molecule has 1 aliphatic carbocycles. The van der Waals surface area contributed by atoms with E-state index in [1.54, 1.807) is 0 Å². The van der Waals surface area contributed by atoms with Gasteiger partial charge in [-0.05, 0) is 12.8 Å². The van der Waals surface area contributed by atoms with E-state index in [0.29, 0.717) is 29.7 Å². The van der Waals surface area contributed by atoms with Crippen LogP contribution in [0.2, 0.25) is 5.02 Å². The quantitative estimate of drug-likeness (QED) is 0.839. The molecule has 1 saturated carbocycles. The number of hydrogen-bond acceptors (Lipinski definition) is 4. The van der Waals surface area contributed by atoms with Crippen molar-refractivity contribution in [1.82, 2.24) is 14.9 Å². The van der Waals surface area contributed by atoms with Gasteiger partial charge in [-0.15, -0.1) is 0 Å². The lowest BCUT2D eigenvalue weighted by Gasteiger charge is -2.43. The minimum absolute atomic E-state index is 0.0884. The van der Waals surface area contributed by atoms with Crippen LogP contribution in [0.1, 0.15) is 61.8 Å². The van der Waals surface area contributed by atoms with Crippen LogP contribution in [-0.4, -0.2) is 46.1 Å². The van der Waals surface area contributed by atoms with Crippen LogP contribution in [0.5, 0.6) is 0 Å². The van der Waals surface area contributed by atoms with Crippen molar-refractivity contribution in [3.8, 4) is 0 Å². The normalized spacial score (nSPS) is 25.2. The first kappa shape index (κ1) is 15.7. The van der Waals surface area contributed by atoms with Gasteiger partial charge in [0.25, 0.3) is 5.91 Å². The summed E-state index contributed by atoms with van der Waals surface area (Å²) >= 11 is 6.19. The lowest BCUT2D eigenvalue weighted by molar-refractivity contribution is -0.0754. The molecule has 2 atom stereocenters. The minimum atomic E-state index is -0.0884. The van der Waals surface area contributed by atoms with Crippen molar-refractivity contribution < 1.29 is 9.53 Å². The summed E-state index contributed by atoms with van der Waals surface area (Å²) in [6.45, 7) is 5.21. The molecule has 1 aromatic rings. The molecule has 120 valence electrons. The third-order valence-corrected chi connectivity index (χ3v) is 4.75. The Kier molecular flexibility index (Phi) is 4.64. The van der Waals surface area contributed by atoms with Crippen LogP contribution >= 0.6 is 11.6 Å². The first-order valence-corrected chi connectivity index (χ1v) is 8.40. The number of halogens is 1. The van der Waals surface area contributed by atoms with Gasteiger partial charge in [-0.1, -0.05) is 38.3 Å². The van der Waals surface area contributed by atoms with E-state index in [2.05, 4.69) is 9.97 Å². The first-order chi connectivity index (χ1) is 10.6. The van der Waals surface area contributed by atoms with Gasteiger partial charge >= 0.3 is 0 Å². The number of nitrogens with zero attached hydrogens (tertiary/aromatic N) is 3. The molecule has 1 aliphatic heterocycles. The van der Waals surface area contributed by atoms with Crippen molar-refractivity contribution in [2.75, 3.05) is 13.2 Å². The Labute approximate surface area is 136 Å². The molecule has 0 bridgehead atoms. The predicted octanol–water partition coefficient (Wildman–Crippen LogP) is 3.04. The number of carbonyl (C=O) groups excluding carboxylic acids is 1. The van der Waals surface area contributed by atoms with E-state index in [4.69, 9.17) is 16.3 Å². The zero-order valence-corrected chi connectivity index (χ0v) is 13.8. The van der Waals surface area contributed by atoms with E-state index >= 15 is 0 Å². The molecule has 0 unspecified atom stereocenters. The fourth-order valence-corrected chi connectivity index (χ4v) is 3.47. The highest BCUT2D eigenvalue weighted by molar-refractivity contribution is 6.33. The van der Waals surface area contributed by atoms with Crippen LogP contribution in [0, 0.1) is 0 Å². The molecule has 0 spiro atoms. The average molecular weight is 324 g/mol. The van der Waals surface area contributed by atoms with Crippen LogP contribution < -0.4 is 0 Å². The van der Waals surface area contributed by atoms with Gasteiger partial charge in [0.05, 0.1) is 30.0 Å². The van der Waals surface area contributed by atoms with E-state index in [1.807, 2.05) is 18.7 Å². The molecule has 1 saturated heterocycles. The summed E-state index contributed by atoms with van der Waals surface area (Å²) in [5.41, 5.74) is 0.326. The second kappa shape index (κ2) is 6.50. The lowest BCUT2D eigenvalue weighted by atomic mass is 9.90. The van der Waals surface area contributed by atoms with Crippen LogP contribution in [-0.2, 0) is 4.74 Å². The highest BCUT2D eigenvalue weighted by Gasteiger charge is 2.38. The summed E-state index contributed by atoms with van der Waals surface area (Å²) in [5.74, 6) is 0.728. The smallest absolute Gasteiger partial charge is 0.274 e. The van der Waals surface area contributed by atoms with Gasteiger partial charge < -0.3 is 9.64 Å². The van der Waals surface area contributed by atoms with Gasteiger partial charge in [0.2, 0.25) is 0 Å². The molecule has 0 N–H and O–H groups in total. The summed E-state index contributed by atoms with van der Waals surface area (Å²) < 4.78 is 5.83. The van der Waals surface area contributed by atoms with Crippen molar-refractivity contribution in [3.05, 3.63) is 22.7 Å². The number of morpholine rings is 1. The second-order valence-electron chi connectivity index (χ2n) is 6.34. The van der Waals surface area contributed by atoms with Crippen LogP contribution in [0.15, 0.2) is 6.20 Å². The van der Waals surface area contributed by atoms with E-state index in [9.17, 15) is 4.79 Å². The number of ether oxygens (including phenoxy) is 1. The van der Waals surface area contributed by atoms with Gasteiger partial charge in [-0.25, -0.2) is 9.97 Å². The Bertz CT molecular complexity index is 562. The standard InChI is InChI=1S/C16H22ClN3O2/c1-10(2)15-18-9-11(17)14(19-15)16(21)20-7-8-22-13-6-4-3-5-12(13)20/h9-10,12-13H,3-8H2,1-2H3/t12-,13+/m1/s1. The van der Waals surface area contributed by atoms with Gasteiger partial charge in [0, 0.05) is 12.5 Å². The van der Waals surface area contributed by atoms with Gasteiger partial charge in [-0.3, -0.25) is 4.79 Å². The molecule has 2 fully saturated rings. The lowest BCUT2D eigenvalue weighted by Crippen LogP contribution is -2.55. The maximum atomic E-state index is 12.9. The predicted molar refractivity (Wildman–Crippen MR) is 84.2 cm³/mol. The molecule has 0 aromatic carbocycles. The topological polar surface area (TPSA) is 55.3 Å². The Morgan fingerprint density at radius 3 is 2.95 bits per heavy atom. The van der Waals surface area contributed by atoms with Gasteiger partial charge in [0.15, 0.2) is 5.69 Å². The molecule has 2 aliphatic rings. The van der Waals surface area contributed by atoms with E-state index in [0.717, 1.165) is 19.3 Å². The van der Waals surface area contributed by atoms with Crippen molar-refractivity contribution in [3.63, 3.8) is 0 Å². The highest BCUT2D eigenvalue weighted by Crippen LogP contribution is 2.30. The second-order valence-corrected chi connectivity index (χ2v) is 6.75. The van der Waals surface area contributed by atoms with Crippen LogP contribution in [0.4, 0.5) is 0 Å². The molecule has 6 heteroatoms. The summed E-state index contributed by atoms with van der Waals surface area (Å²) in [6.07, 6.45) is 6.05. The zero-order valence-electron chi connectivity index (χ0n) is 13.1. The Morgan fingerprint density at radius 2 is 2.18 bits per heavy atom. The van der Waals surface area contributed by atoms with Gasteiger partial charge in [0.1, 0.15) is 5.82 Å². The van der Waals surface area contributed by atoms with E-state index in [-0.39, 0.29) is 24.0 Å².